The standard InChI is InChI=1S/C14H11F6NO2/c15-13(16,17)22-11-7-2-1-5-9(11)10-6-3-4-8-12(10,21)23-14(18,19)20/h1-7H,8,21H2. The first-order valence-electron chi connectivity index (χ1n) is 6.28. The second kappa shape index (κ2) is 5.89. The number of alkyl halides is 6. The largest absolute Gasteiger partial charge is 0.573 e. The predicted octanol–water partition coefficient (Wildman–Crippen LogP) is 4.12. The third-order valence-corrected chi connectivity index (χ3v) is 2.98. The quantitative estimate of drug-likeness (QED) is 0.665. The summed E-state index contributed by atoms with van der Waals surface area (Å²) in [5, 5.41) is 0. The smallest absolute Gasteiger partial charge is 0.405 e. The van der Waals surface area contributed by atoms with Gasteiger partial charge < -0.3 is 4.74 Å². The maximum atomic E-state index is 12.6. The van der Waals surface area contributed by atoms with E-state index in [0.717, 1.165) is 12.1 Å². The summed E-state index contributed by atoms with van der Waals surface area (Å²) in [6, 6.07) is 4.77. The van der Waals surface area contributed by atoms with Crippen LogP contribution in [0.15, 0.2) is 42.5 Å². The zero-order chi connectivity index (χ0) is 17.3. The number of hydrogen-bond acceptors (Lipinski definition) is 3. The fourth-order valence-electron chi connectivity index (χ4n) is 2.18. The molecular weight excluding hydrogens is 328 g/mol. The highest BCUT2D eigenvalue weighted by Crippen LogP contribution is 2.41. The molecule has 2 N–H and O–H groups in total. The van der Waals surface area contributed by atoms with Crippen LogP contribution in [0.2, 0.25) is 0 Å². The molecule has 0 saturated heterocycles. The van der Waals surface area contributed by atoms with Crippen molar-refractivity contribution in [3.63, 3.8) is 0 Å². The van der Waals surface area contributed by atoms with Gasteiger partial charge in [0.25, 0.3) is 0 Å². The molecule has 1 aromatic rings. The lowest BCUT2D eigenvalue weighted by Gasteiger charge is -2.34. The second-order valence-corrected chi connectivity index (χ2v) is 4.69. The minimum absolute atomic E-state index is 0.235. The number of benzene rings is 1. The van der Waals surface area contributed by atoms with Gasteiger partial charge in [-0.2, -0.15) is 0 Å². The first kappa shape index (κ1) is 17.4. The van der Waals surface area contributed by atoms with Crippen LogP contribution in [0.5, 0.6) is 5.75 Å². The molecule has 0 heterocycles. The van der Waals surface area contributed by atoms with Gasteiger partial charge in [0.2, 0.25) is 0 Å². The zero-order valence-electron chi connectivity index (χ0n) is 11.4. The number of allylic oxidation sites excluding steroid dienone is 2. The van der Waals surface area contributed by atoms with Gasteiger partial charge in [0.1, 0.15) is 5.75 Å². The van der Waals surface area contributed by atoms with Crippen molar-refractivity contribution in [3.8, 4) is 5.75 Å². The molecule has 23 heavy (non-hydrogen) atoms. The molecule has 1 aliphatic rings. The Hall–Kier alpha value is -2.00. The number of halogens is 6. The van der Waals surface area contributed by atoms with Crippen LogP contribution in [-0.4, -0.2) is 18.4 Å². The summed E-state index contributed by atoms with van der Waals surface area (Å²) >= 11 is 0. The van der Waals surface area contributed by atoms with Gasteiger partial charge in [-0.05, 0) is 6.07 Å². The first-order valence-corrected chi connectivity index (χ1v) is 6.28. The molecule has 0 spiro atoms. The Morgan fingerprint density at radius 3 is 2.26 bits per heavy atom. The Morgan fingerprint density at radius 1 is 1.00 bits per heavy atom. The first-order chi connectivity index (χ1) is 10.5. The van der Waals surface area contributed by atoms with Gasteiger partial charge >= 0.3 is 12.7 Å². The molecular formula is C14H11F6NO2. The number of para-hydroxylation sites is 1. The monoisotopic (exact) mass is 339 g/mol. The summed E-state index contributed by atoms with van der Waals surface area (Å²) in [7, 11) is 0. The molecule has 0 saturated carbocycles. The number of ether oxygens (including phenoxy) is 2. The molecule has 0 fully saturated rings. The minimum Gasteiger partial charge on any atom is -0.405 e. The van der Waals surface area contributed by atoms with Crippen molar-refractivity contribution in [2.24, 2.45) is 5.73 Å². The molecule has 126 valence electrons. The number of nitrogens with two attached hydrogens (primary N) is 1. The lowest BCUT2D eigenvalue weighted by atomic mass is 9.89. The Balaban J connectivity index is 2.46. The number of rotatable bonds is 3. The maximum absolute atomic E-state index is 12.6. The van der Waals surface area contributed by atoms with Gasteiger partial charge in [0, 0.05) is 17.6 Å². The Kier molecular flexibility index (Phi) is 4.45. The van der Waals surface area contributed by atoms with Crippen molar-refractivity contribution in [2.45, 2.75) is 24.9 Å². The summed E-state index contributed by atoms with van der Waals surface area (Å²) in [5.74, 6) is -0.665. The van der Waals surface area contributed by atoms with Gasteiger partial charge in [-0.1, -0.05) is 36.4 Å². The summed E-state index contributed by atoms with van der Waals surface area (Å²) in [5.41, 5.74) is 2.80. The third-order valence-electron chi connectivity index (χ3n) is 2.98. The summed E-state index contributed by atoms with van der Waals surface area (Å²) in [6.07, 6.45) is -6.55. The predicted molar refractivity (Wildman–Crippen MR) is 68.9 cm³/mol. The van der Waals surface area contributed by atoms with Crippen LogP contribution in [0.25, 0.3) is 5.57 Å². The SMILES string of the molecule is NC1(OC(F)(F)F)CC=CC=C1c1ccccc1OC(F)(F)F. The van der Waals surface area contributed by atoms with Gasteiger partial charge in [0.15, 0.2) is 5.72 Å². The van der Waals surface area contributed by atoms with Crippen molar-refractivity contribution in [1.82, 2.24) is 0 Å². The van der Waals surface area contributed by atoms with E-state index in [1.54, 1.807) is 0 Å². The van der Waals surface area contributed by atoms with Crippen LogP contribution in [0.4, 0.5) is 26.3 Å². The summed E-state index contributed by atoms with van der Waals surface area (Å²) < 4.78 is 82.9. The second-order valence-electron chi connectivity index (χ2n) is 4.69. The van der Waals surface area contributed by atoms with Crippen LogP contribution in [-0.2, 0) is 4.74 Å². The van der Waals surface area contributed by atoms with E-state index in [2.05, 4.69) is 9.47 Å². The van der Waals surface area contributed by atoms with E-state index in [-0.39, 0.29) is 17.6 Å². The van der Waals surface area contributed by atoms with E-state index in [0.29, 0.717) is 0 Å². The van der Waals surface area contributed by atoms with Crippen molar-refractivity contribution < 1.29 is 35.8 Å². The topological polar surface area (TPSA) is 44.5 Å². The molecule has 0 radical (unpaired) electrons. The van der Waals surface area contributed by atoms with Crippen molar-refractivity contribution in [1.29, 1.82) is 0 Å². The average molecular weight is 339 g/mol. The fraction of sp³-hybridized carbons (Fsp3) is 0.286. The van der Waals surface area contributed by atoms with Gasteiger partial charge in [-0.3, -0.25) is 10.5 Å². The zero-order valence-corrected chi connectivity index (χ0v) is 11.4. The van der Waals surface area contributed by atoms with Gasteiger partial charge in [-0.15, -0.1) is 26.3 Å². The van der Waals surface area contributed by atoms with E-state index in [4.69, 9.17) is 5.73 Å². The molecule has 9 heteroatoms. The highest BCUT2D eigenvalue weighted by atomic mass is 19.4. The minimum atomic E-state index is -5.06. The van der Waals surface area contributed by atoms with Crippen molar-refractivity contribution in [3.05, 3.63) is 48.1 Å². The summed E-state index contributed by atoms with van der Waals surface area (Å²) in [4.78, 5) is 0. The molecule has 0 amide bonds. The van der Waals surface area contributed by atoms with Crippen LogP contribution < -0.4 is 10.5 Å². The maximum Gasteiger partial charge on any atom is 0.573 e. The van der Waals surface area contributed by atoms with E-state index >= 15 is 0 Å². The van der Waals surface area contributed by atoms with Gasteiger partial charge in [0.05, 0.1) is 0 Å². The Labute approximate surface area is 127 Å². The molecule has 1 aromatic carbocycles. The highest BCUT2D eigenvalue weighted by molar-refractivity contribution is 5.78. The average Bonchev–Trinajstić information content (AvgIpc) is 2.36. The van der Waals surface area contributed by atoms with Crippen LogP contribution in [0.1, 0.15) is 12.0 Å². The highest BCUT2D eigenvalue weighted by Gasteiger charge is 2.45. The molecule has 1 unspecified atom stereocenters. The van der Waals surface area contributed by atoms with Crippen LogP contribution in [0.3, 0.4) is 0 Å². The Morgan fingerprint density at radius 2 is 1.65 bits per heavy atom. The van der Waals surface area contributed by atoms with E-state index in [1.165, 1.54) is 30.4 Å². The van der Waals surface area contributed by atoms with Crippen LogP contribution in [0, 0.1) is 0 Å². The fourth-order valence-corrected chi connectivity index (χ4v) is 2.18. The van der Waals surface area contributed by atoms with Crippen molar-refractivity contribution in [2.75, 3.05) is 0 Å². The molecule has 3 nitrogen and oxygen atoms in total. The molecule has 1 atom stereocenters. The molecule has 0 bridgehead atoms. The van der Waals surface area contributed by atoms with Crippen molar-refractivity contribution >= 4 is 5.57 Å². The molecule has 2 rings (SSSR count). The van der Waals surface area contributed by atoms with E-state index in [1.807, 2.05) is 0 Å². The lowest BCUT2D eigenvalue weighted by Crippen LogP contribution is -2.48. The summed E-state index contributed by atoms with van der Waals surface area (Å²) in [6.45, 7) is 0. The normalized spacial score (nSPS) is 22.0. The van der Waals surface area contributed by atoms with E-state index in [9.17, 15) is 26.3 Å². The van der Waals surface area contributed by atoms with E-state index < -0.39 is 24.2 Å². The number of hydrogen-bond donors (Lipinski definition) is 1. The lowest BCUT2D eigenvalue weighted by molar-refractivity contribution is -0.355. The Bertz CT molecular complexity index is 635. The van der Waals surface area contributed by atoms with Gasteiger partial charge in [-0.25, -0.2) is 0 Å². The third kappa shape index (κ3) is 4.49. The molecule has 0 aromatic heterocycles. The van der Waals surface area contributed by atoms with Crippen LogP contribution >= 0.6 is 0 Å². The molecule has 1 aliphatic carbocycles. The molecule has 0 aliphatic heterocycles.